The summed E-state index contributed by atoms with van der Waals surface area (Å²) in [5, 5.41) is 19.8. The van der Waals surface area contributed by atoms with E-state index in [1.165, 1.54) is 14.2 Å². The van der Waals surface area contributed by atoms with E-state index in [0.717, 1.165) is 5.57 Å². The van der Waals surface area contributed by atoms with Crippen LogP contribution in [0.4, 0.5) is 0 Å². The zero-order chi connectivity index (χ0) is 17.8. The Morgan fingerprint density at radius 1 is 1.35 bits per heavy atom. The summed E-state index contributed by atoms with van der Waals surface area (Å²) in [6, 6.07) is 0. The maximum atomic E-state index is 12.1. The van der Waals surface area contributed by atoms with Gasteiger partial charge >= 0.3 is 11.9 Å². The molecular formula is C17H26O6. The molecule has 0 bridgehead atoms. The van der Waals surface area contributed by atoms with E-state index in [1.54, 1.807) is 32.9 Å². The van der Waals surface area contributed by atoms with Crippen molar-refractivity contribution in [2.75, 3.05) is 14.2 Å². The lowest BCUT2D eigenvalue weighted by molar-refractivity contribution is -0.168. The highest BCUT2D eigenvalue weighted by Crippen LogP contribution is 2.41. The number of carbonyl (C=O) groups is 2. The fourth-order valence-electron chi connectivity index (χ4n) is 2.72. The number of aliphatic hydroxyl groups is 2. The zero-order valence-corrected chi connectivity index (χ0v) is 14.4. The van der Waals surface area contributed by atoms with Gasteiger partial charge < -0.3 is 19.7 Å². The molecule has 0 amide bonds. The van der Waals surface area contributed by atoms with E-state index in [0.29, 0.717) is 12.0 Å². The summed E-state index contributed by atoms with van der Waals surface area (Å²) in [5.74, 6) is -1.27. The van der Waals surface area contributed by atoms with Crippen LogP contribution in [-0.4, -0.2) is 48.1 Å². The number of aliphatic hydroxyl groups excluding tert-OH is 1. The van der Waals surface area contributed by atoms with Gasteiger partial charge in [0.15, 0.2) is 5.41 Å². The first kappa shape index (κ1) is 19.4. The van der Waals surface area contributed by atoms with E-state index >= 15 is 0 Å². The first-order chi connectivity index (χ1) is 10.6. The van der Waals surface area contributed by atoms with Gasteiger partial charge in [-0.25, -0.2) is 0 Å². The Morgan fingerprint density at radius 2 is 1.87 bits per heavy atom. The predicted molar refractivity (Wildman–Crippen MR) is 84.5 cm³/mol. The molecule has 0 spiro atoms. The molecule has 1 rings (SSSR count). The standard InChI is InChI=1S/C17H26O6/c1-11(18)8-13(16(2,3)21)9-12-6-7-17(10-12,14(19)22-4)15(20)23-5/h6,9,11,18,21H,7-8,10H2,1-5H3/b13-9-. The molecule has 23 heavy (non-hydrogen) atoms. The Hall–Kier alpha value is -1.66. The first-order valence-corrected chi connectivity index (χ1v) is 7.54. The smallest absolute Gasteiger partial charge is 0.323 e. The molecule has 6 heteroatoms. The van der Waals surface area contributed by atoms with Crippen molar-refractivity contribution in [1.29, 1.82) is 0 Å². The van der Waals surface area contributed by atoms with Crippen LogP contribution in [0.15, 0.2) is 23.3 Å². The Morgan fingerprint density at radius 3 is 2.26 bits per heavy atom. The summed E-state index contributed by atoms with van der Waals surface area (Å²) in [5.41, 5.74) is -1.12. The van der Waals surface area contributed by atoms with Crippen molar-refractivity contribution in [2.45, 2.75) is 51.7 Å². The van der Waals surface area contributed by atoms with Gasteiger partial charge in [-0.15, -0.1) is 0 Å². The molecule has 0 aliphatic heterocycles. The molecule has 1 unspecified atom stereocenters. The minimum Gasteiger partial charge on any atom is -0.468 e. The summed E-state index contributed by atoms with van der Waals surface area (Å²) in [6.07, 6.45) is 3.52. The monoisotopic (exact) mass is 326 g/mol. The highest BCUT2D eigenvalue weighted by Gasteiger charge is 2.50. The summed E-state index contributed by atoms with van der Waals surface area (Å²) < 4.78 is 9.52. The Balaban J connectivity index is 3.10. The molecule has 0 saturated carbocycles. The van der Waals surface area contributed by atoms with Crippen molar-refractivity contribution < 1.29 is 29.3 Å². The van der Waals surface area contributed by atoms with E-state index in [-0.39, 0.29) is 12.8 Å². The lowest BCUT2D eigenvalue weighted by Gasteiger charge is -2.25. The second-order valence-electron chi connectivity index (χ2n) is 6.51. The molecule has 2 N–H and O–H groups in total. The van der Waals surface area contributed by atoms with Gasteiger partial charge in [-0.3, -0.25) is 9.59 Å². The van der Waals surface area contributed by atoms with E-state index in [2.05, 4.69) is 0 Å². The molecule has 0 radical (unpaired) electrons. The van der Waals surface area contributed by atoms with Crippen LogP contribution in [-0.2, 0) is 19.1 Å². The highest BCUT2D eigenvalue weighted by atomic mass is 16.5. The number of carbonyl (C=O) groups excluding carboxylic acids is 2. The summed E-state index contributed by atoms with van der Waals surface area (Å²) >= 11 is 0. The van der Waals surface area contributed by atoms with Crippen LogP contribution in [0.2, 0.25) is 0 Å². The Bertz CT molecular complexity index is 506. The topological polar surface area (TPSA) is 93.1 Å². The fraction of sp³-hybridized carbons (Fsp3) is 0.647. The minimum absolute atomic E-state index is 0.145. The predicted octanol–water partition coefficient (Wildman–Crippen LogP) is 1.51. The third kappa shape index (κ3) is 4.42. The number of rotatable bonds is 6. The number of hydrogen-bond donors (Lipinski definition) is 2. The quantitative estimate of drug-likeness (QED) is 0.568. The number of ether oxygens (including phenoxy) is 2. The maximum Gasteiger partial charge on any atom is 0.323 e. The number of hydrogen-bond acceptors (Lipinski definition) is 6. The van der Waals surface area contributed by atoms with Gasteiger partial charge in [0.2, 0.25) is 0 Å². The van der Waals surface area contributed by atoms with Crippen LogP contribution >= 0.6 is 0 Å². The van der Waals surface area contributed by atoms with E-state index in [9.17, 15) is 19.8 Å². The van der Waals surface area contributed by atoms with E-state index in [4.69, 9.17) is 9.47 Å². The first-order valence-electron chi connectivity index (χ1n) is 7.54. The average molecular weight is 326 g/mol. The number of esters is 2. The van der Waals surface area contributed by atoms with Crippen LogP contribution in [0.25, 0.3) is 0 Å². The third-order valence-corrected chi connectivity index (χ3v) is 4.03. The van der Waals surface area contributed by atoms with Gasteiger partial charge in [0.25, 0.3) is 0 Å². The second kappa shape index (κ2) is 7.27. The van der Waals surface area contributed by atoms with Crippen molar-refractivity contribution in [2.24, 2.45) is 5.41 Å². The summed E-state index contributed by atoms with van der Waals surface area (Å²) in [7, 11) is 2.47. The molecule has 130 valence electrons. The zero-order valence-electron chi connectivity index (χ0n) is 14.4. The number of allylic oxidation sites excluding steroid dienone is 3. The Kier molecular flexibility index (Phi) is 6.13. The Labute approximate surface area is 136 Å². The minimum atomic E-state index is -1.37. The number of methoxy groups -OCH3 is 2. The molecule has 0 saturated heterocycles. The normalized spacial score (nSPS) is 19.1. The van der Waals surface area contributed by atoms with Gasteiger partial charge in [-0.2, -0.15) is 0 Å². The summed E-state index contributed by atoms with van der Waals surface area (Å²) in [6.45, 7) is 4.89. The third-order valence-electron chi connectivity index (χ3n) is 4.03. The molecule has 1 aliphatic carbocycles. The molecule has 1 aliphatic rings. The molecule has 0 aromatic rings. The van der Waals surface area contributed by atoms with Gasteiger partial charge in [0.1, 0.15) is 0 Å². The lowest BCUT2D eigenvalue weighted by Crippen LogP contribution is -2.39. The van der Waals surface area contributed by atoms with Gasteiger partial charge in [0, 0.05) is 0 Å². The molecule has 0 heterocycles. The van der Waals surface area contributed by atoms with Crippen molar-refractivity contribution >= 4 is 11.9 Å². The van der Waals surface area contributed by atoms with Crippen molar-refractivity contribution in [3.05, 3.63) is 23.3 Å². The molecule has 6 nitrogen and oxygen atoms in total. The van der Waals surface area contributed by atoms with E-state index in [1.807, 2.05) is 0 Å². The average Bonchev–Trinajstić information content (AvgIpc) is 2.88. The van der Waals surface area contributed by atoms with Crippen LogP contribution in [0, 0.1) is 5.41 Å². The molecule has 0 fully saturated rings. The fourth-order valence-corrected chi connectivity index (χ4v) is 2.72. The lowest BCUT2D eigenvalue weighted by atomic mass is 9.83. The van der Waals surface area contributed by atoms with E-state index < -0.39 is 29.1 Å². The molecule has 0 aromatic carbocycles. The van der Waals surface area contributed by atoms with Crippen LogP contribution in [0.3, 0.4) is 0 Å². The van der Waals surface area contributed by atoms with Gasteiger partial charge in [-0.1, -0.05) is 17.7 Å². The van der Waals surface area contributed by atoms with Gasteiger partial charge in [-0.05, 0) is 45.6 Å². The molecule has 1 atom stereocenters. The van der Waals surface area contributed by atoms with Crippen LogP contribution < -0.4 is 0 Å². The SMILES string of the molecule is COC(=O)C1(C(=O)OC)CC=C(/C=C(/CC(C)O)C(C)(C)O)C1. The van der Waals surface area contributed by atoms with Crippen LogP contribution in [0.5, 0.6) is 0 Å². The van der Waals surface area contributed by atoms with Crippen molar-refractivity contribution in [3.8, 4) is 0 Å². The maximum absolute atomic E-state index is 12.1. The van der Waals surface area contributed by atoms with Crippen molar-refractivity contribution in [3.63, 3.8) is 0 Å². The van der Waals surface area contributed by atoms with Crippen molar-refractivity contribution in [1.82, 2.24) is 0 Å². The largest absolute Gasteiger partial charge is 0.468 e. The highest BCUT2D eigenvalue weighted by molar-refractivity contribution is 6.01. The summed E-state index contributed by atoms with van der Waals surface area (Å²) in [4.78, 5) is 24.2. The molecular weight excluding hydrogens is 300 g/mol. The van der Waals surface area contributed by atoms with Gasteiger partial charge in [0.05, 0.1) is 25.9 Å². The second-order valence-corrected chi connectivity index (χ2v) is 6.51. The molecule has 0 aromatic heterocycles. The van der Waals surface area contributed by atoms with Crippen LogP contribution in [0.1, 0.15) is 40.0 Å².